The molecule has 1 N–H and O–H groups in total. The van der Waals surface area contributed by atoms with Crippen molar-refractivity contribution in [2.24, 2.45) is 5.92 Å². The molecular formula is C23H29N5O2. The normalized spacial score (nSPS) is 14.6. The highest BCUT2D eigenvalue weighted by Gasteiger charge is 2.25. The van der Waals surface area contributed by atoms with Gasteiger partial charge in [-0.05, 0) is 55.9 Å². The Hall–Kier alpha value is -3.14. The van der Waals surface area contributed by atoms with Gasteiger partial charge in [0.15, 0.2) is 0 Å². The van der Waals surface area contributed by atoms with Crippen molar-refractivity contribution in [2.45, 2.75) is 52.6 Å². The molecule has 1 fully saturated rings. The smallest absolute Gasteiger partial charge is 0.263 e. The molecule has 0 saturated carbocycles. The van der Waals surface area contributed by atoms with E-state index in [1.165, 1.54) is 0 Å². The molecule has 0 spiro atoms. The van der Waals surface area contributed by atoms with Gasteiger partial charge >= 0.3 is 0 Å². The van der Waals surface area contributed by atoms with Crippen LogP contribution in [0.4, 0.5) is 5.82 Å². The highest BCUT2D eigenvalue weighted by atomic mass is 16.2. The third-order valence-electron chi connectivity index (χ3n) is 5.58. The van der Waals surface area contributed by atoms with E-state index in [9.17, 15) is 14.9 Å². The van der Waals surface area contributed by atoms with Gasteiger partial charge in [-0.1, -0.05) is 13.8 Å². The standard InChI is InChI=1S/C23H29N5O2/c1-16(2)6-11-28-12-7-17(3)20(23(28)30)22(29)26-19-8-13-27(14-9-19)21-18(15-24)5-4-10-25-21/h4-5,7,10,12,16,19H,6,8-9,11,13-14H2,1-3H3,(H,26,29). The molecular weight excluding hydrogens is 378 g/mol. The van der Waals surface area contributed by atoms with Crippen LogP contribution < -0.4 is 15.8 Å². The van der Waals surface area contributed by atoms with Crippen molar-refractivity contribution in [1.82, 2.24) is 14.9 Å². The molecule has 0 aliphatic carbocycles. The average Bonchev–Trinajstić information content (AvgIpc) is 2.73. The quantitative estimate of drug-likeness (QED) is 0.795. The first kappa shape index (κ1) is 21.6. The molecule has 0 bridgehead atoms. The molecule has 7 nitrogen and oxygen atoms in total. The molecule has 158 valence electrons. The summed E-state index contributed by atoms with van der Waals surface area (Å²) in [5, 5.41) is 12.3. The number of piperidine rings is 1. The molecule has 30 heavy (non-hydrogen) atoms. The minimum Gasteiger partial charge on any atom is -0.355 e. The average molecular weight is 408 g/mol. The molecule has 3 heterocycles. The third-order valence-corrected chi connectivity index (χ3v) is 5.58. The number of amides is 1. The number of carbonyl (C=O) groups is 1. The molecule has 1 saturated heterocycles. The Morgan fingerprint density at radius 3 is 2.73 bits per heavy atom. The first-order valence-electron chi connectivity index (χ1n) is 10.5. The number of carbonyl (C=O) groups excluding carboxylic acids is 1. The van der Waals surface area contributed by atoms with Gasteiger partial charge in [0, 0.05) is 38.1 Å². The largest absolute Gasteiger partial charge is 0.355 e. The van der Waals surface area contributed by atoms with E-state index in [2.05, 4.69) is 35.1 Å². The second kappa shape index (κ2) is 9.57. The van der Waals surface area contributed by atoms with Crippen LogP contribution in [-0.4, -0.2) is 34.6 Å². The Morgan fingerprint density at radius 2 is 2.07 bits per heavy atom. The number of nitriles is 1. The van der Waals surface area contributed by atoms with Crippen molar-refractivity contribution < 1.29 is 4.79 Å². The van der Waals surface area contributed by atoms with E-state index >= 15 is 0 Å². The summed E-state index contributed by atoms with van der Waals surface area (Å²) in [5.74, 6) is 0.878. The van der Waals surface area contributed by atoms with Gasteiger partial charge in [0.25, 0.3) is 11.5 Å². The van der Waals surface area contributed by atoms with Crippen LogP contribution in [0.5, 0.6) is 0 Å². The number of hydrogen-bond acceptors (Lipinski definition) is 5. The SMILES string of the molecule is Cc1ccn(CCC(C)C)c(=O)c1C(=O)NC1CCN(c2ncccc2C#N)CC1. The van der Waals surface area contributed by atoms with E-state index in [-0.39, 0.29) is 23.1 Å². The minimum absolute atomic E-state index is 0.00822. The summed E-state index contributed by atoms with van der Waals surface area (Å²) in [6.45, 7) is 8.04. The van der Waals surface area contributed by atoms with Gasteiger partial charge in [0.1, 0.15) is 17.5 Å². The van der Waals surface area contributed by atoms with Crippen molar-refractivity contribution in [3.05, 3.63) is 57.6 Å². The predicted octanol–water partition coefficient (Wildman–Crippen LogP) is 2.87. The topological polar surface area (TPSA) is 91.0 Å². The summed E-state index contributed by atoms with van der Waals surface area (Å²) in [5.41, 5.74) is 1.27. The molecule has 1 aliphatic heterocycles. The summed E-state index contributed by atoms with van der Waals surface area (Å²) < 4.78 is 1.63. The zero-order chi connectivity index (χ0) is 21.7. The lowest BCUT2D eigenvalue weighted by Crippen LogP contribution is -2.46. The van der Waals surface area contributed by atoms with E-state index in [4.69, 9.17) is 0 Å². The van der Waals surface area contributed by atoms with Gasteiger partial charge in [-0.25, -0.2) is 4.98 Å². The zero-order valence-electron chi connectivity index (χ0n) is 17.9. The number of aromatic nitrogens is 2. The first-order chi connectivity index (χ1) is 14.4. The van der Waals surface area contributed by atoms with Crippen LogP contribution in [0, 0.1) is 24.2 Å². The van der Waals surface area contributed by atoms with E-state index in [0.29, 0.717) is 42.5 Å². The summed E-state index contributed by atoms with van der Waals surface area (Å²) in [6.07, 6.45) is 5.82. The third kappa shape index (κ3) is 4.88. The Labute approximate surface area is 177 Å². The van der Waals surface area contributed by atoms with Crippen molar-refractivity contribution in [3.63, 3.8) is 0 Å². The van der Waals surface area contributed by atoms with Crippen LogP contribution in [0.15, 0.2) is 35.4 Å². The van der Waals surface area contributed by atoms with Gasteiger partial charge in [-0.2, -0.15) is 5.26 Å². The lowest BCUT2D eigenvalue weighted by molar-refractivity contribution is 0.0928. The maximum Gasteiger partial charge on any atom is 0.263 e. The summed E-state index contributed by atoms with van der Waals surface area (Å²) in [6, 6.07) is 7.53. The fourth-order valence-electron chi connectivity index (χ4n) is 3.74. The molecule has 1 aliphatic rings. The Kier molecular flexibility index (Phi) is 6.88. The summed E-state index contributed by atoms with van der Waals surface area (Å²) in [4.78, 5) is 32.2. The number of nitrogens with zero attached hydrogens (tertiary/aromatic N) is 4. The van der Waals surface area contributed by atoms with E-state index < -0.39 is 0 Å². The van der Waals surface area contributed by atoms with Crippen molar-refractivity contribution >= 4 is 11.7 Å². The Morgan fingerprint density at radius 1 is 1.33 bits per heavy atom. The van der Waals surface area contributed by atoms with Gasteiger partial charge in [0.2, 0.25) is 0 Å². The summed E-state index contributed by atoms with van der Waals surface area (Å²) >= 11 is 0. The van der Waals surface area contributed by atoms with Crippen LogP contribution in [-0.2, 0) is 6.54 Å². The summed E-state index contributed by atoms with van der Waals surface area (Å²) in [7, 11) is 0. The molecule has 7 heteroatoms. The molecule has 3 rings (SSSR count). The van der Waals surface area contributed by atoms with Crippen LogP contribution in [0.25, 0.3) is 0 Å². The first-order valence-corrected chi connectivity index (χ1v) is 10.5. The highest BCUT2D eigenvalue weighted by molar-refractivity contribution is 5.95. The molecule has 0 unspecified atom stereocenters. The number of nitrogens with one attached hydrogen (secondary N) is 1. The van der Waals surface area contributed by atoms with Crippen LogP contribution in [0.1, 0.15) is 54.6 Å². The van der Waals surface area contributed by atoms with Crippen LogP contribution >= 0.6 is 0 Å². The maximum absolute atomic E-state index is 12.9. The predicted molar refractivity (Wildman–Crippen MR) is 117 cm³/mol. The highest BCUT2D eigenvalue weighted by Crippen LogP contribution is 2.21. The van der Waals surface area contributed by atoms with E-state index in [1.807, 2.05) is 6.07 Å². The van der Waals surface area contributed by atoms with Crippen molar-refractivity contribution in [2.75, 3.05) is 18.0 Å². The Bertz CT molecular complexity index is 997. The second-order valence-corrected chi connectivity index (χ2v) is 8.28. The fourth-order valence-corrected chi connectivity index (χ4v) is 3.74. The maximum atomic E-state index is 12.9. The monoisotopic (exact) mass is 407 g/mol. The van der Waals surface area contributed by atoms with Gasteiger partial charge in [0.05, 0.1) is 5.56 Å². The number of hydrogen-bond donors (Lipinski definition) is 1. The van der Waals surface area contributed by atoms with Crippen LogP contribution in [0.3, 0.4) is 0 Å². The lowest BCUT2D eigenvalue weighted by Gasteiger charge is -2.33. The molecule has 0 aromatic carbocycles. The Balaban J connectivity index is 1.66. The fraction of sp³-hybridized carbons (Fsp3) is 0.478. The van der Waals surface area contributed by atoms with E-state index in [0.717, 1.165) is 19.3 Å². The van der Waals surface area contributed by atoms with Gasteiger partial charge in [-0.15, -0.1) is 0 Å². The molecule has 1 amide bonds. The number of rotatable bonds is 6. The molecule has 2 aromatic heterocycles. The van der Waals surface area contributed by atoms with Crippen molar-refractivity contribution in [1.29, 1.82) is 5.26 Å². The molecule has 0 radical (unpaired) electrons. The zero-order valence-corrected chi connectivity index (χ0v) is 17.9. The number of pyridine rings is 2. The lowest BCUT2D eigenvalue weighted by atomic mass is 10.0. The molecule has 0 atom stereocenters. The number of anilines is 1. The minimum atomic E-state index is -0.301. The van der Waals surface area contributed by atoms with Gasteiger partial charge in [-0.3, -0.25) is 9.59 Å². The number of aryl methyl sites for hydroxylation is 2. The van der Waals surface area contributed by atoms with Crippen LogP contribution in [0.2, 0.25) is 0 Å². The van der Waals surface area contributed by atoms with E-state index in [1.54, 1.807) is 36.0 Å². The molecule has 2 aromatic rings. The second-order valence-electron chi connectivity index (χ2n) is 8.28. The van der Waals surface area contributed by atoms with Gasteiger partial charge < -0.3 is 14.8 Å². The van der Waals surface area contributed by atoms with Crippen molar-refractivity contribution in [3.8, 4) is 6.07 Å².